The lowest BCUT2D eigenvalue weighted by atomic mass is 10.3. The number of morpholine rings is 1. The van der Waals surface area contributed by atoms with E-state index in [1.165, 1.54) is 0 Å². The Morgan fingerprint density at radius 2 is 2.08 bits per heavy atom. The number of carbonyl (C=O) groups excluding carboxylic acids is 1. The summed E-state index contributed by atoms with van der Waals surface area (Å²) in [5.41, 5.74) is 0. The monoisotopic (exact) mass is 171 g/mol. The summed E-state index contributed by atoms with van der Waals surface area (Å²) in [6.07, 6.45) is 1.99. The van der Waals surface area contributed by atoms with Crippen LogP contribution in [0, 0.1) is 0 Å². The van der Waals surface area contributed by atoms with Gasteiger partial charge in [0.2, 0.25) is 0 Å². The van der Waals surface area contributed by atoms with Gasteiger partial charge in [0.15, 0.2) is 0 Å². The summed E-state index contributed by atoms with van der Waals surface area (Å²) in [5.74, 6) is 0. The predicted molar refractivity (Wildman–Crippen MR) is 45.3 cm³/mol. The number of hydrogen-bond acceptors (Lipinski definition) is 3. The van der Waals surface area contributed by atoms with Crippen molar-refractivity contribution in [2.75, 3.05) is 33.4 Å². The smallest absolute Gasteiger partial charge is 0.313 e. The molecule has 0 bridgehead atoms. The van der Waals surface area contributed by atoms with E-state index in [1.807, 2.05) is 13.3 Å². The van der Waals surface area contributed by atoms with Crippen molar-refractivity contribution < 1.29 is 9.53 Å². The van der Waals surface area contributed by atoms with Crippen molar-refractivity contribution >= 4 is 6.41 Å². The van der Waals surface area contributed by atoms with Crippen LogP contribution in [0.1, 0.15) is 6.92 Å². The largest absolute Gasteiger partial charge is 0.379 e. The molecule has 0 saturated carbocycles. The van der Waals surface area contributed by atoms with Gasteiger partial charge < -0.3 is 9.64 Å². The molecule has 0 spiro atoms. The highest BCUT2D eigenvalue weighted by molar-refractivity contribution is 5.47. The molecule has 1 unspecified atom stereocenters. The summed E-state index contributed by atoms with van der Waals surface area (Å²) in [7, 11) is 1.74. The maximum Gasteiger partial charge on any atom is 0.313 e. The molecule has 1 heterocycles. The minimum Gasteiger partial charge on any atom is -0.379 e. The van der Waals surface area contributed by atoms with Crippen LogP contribution in [0.4, 0.5) is 0 Å². The molecule has 0 aromatic rings. The summed E-state index contributed by atoms with van der Waals surface area (Å²) >= 11 is 0. The Hall–Kier alpha value is -0.610. The van der Waals surface area contributed by atoms with E-state index in [4.69, 9.17) is 4.74 Å². The first-order chi connectivity index (χ1) is 5.75. The minimum atomic E-state index is 0.131. The number of hydrogen-bond donors (Lipinski definition) is 0. The summed E-state index contributed by atoms with van der Waals surface area (Å²) in [5, 5.41) is 0. The number of amides is 1. The molecule has 69 valence electrons. The van der Waals surface area contributed by atoms with Gasteiger partial charge >= 0.3 is 6.41 Å². The lowest BCUT2D eigenvalue weighted by molar-refractivity contribution is -0.00422. The lowest BCUT2D eigenvalue weighted by Gasteiger charge is -2.35. The fraction of sp³-hybridized carbons (Fsp3) is 0.875. The number of rotatable bonds is 3. The molecule has 1 fully saturated rings. The van der Waals surface area contributed by atoms with Crippen LogP contribution in [0.5, 0.6) is 0 Å². The molecule has 0 aromatic heterocycles. The second kappa shape index (κ2) is 4.42. The van der Waals surface area contributed by atoms with Gasteiger partial charge in [0, 0.05) is 20.1 Å². The second-order valence-corrected chi connectivity index (χ2v) is 2.98. The van der Waals surface area contributed by atoms with Gasteiger partial charge in [-0.05, 0) is 6.92 Å². The van der Waals surface area contributed by atoms with E-state index in [-0.39, 0.29) is 6.17 Å². The molecule has 0 aliphatic carbocycles. The van der Waals surface area contributed by atoms with Gasteiger partial charge in [0.1, 0.15) is 0 Å². The van der Waals surface area contributed by atoms with Crippen molar-refractivity contribution in [1.82, 2.24) is 9.80 Å². The van der Waals surface area contributed by atoms with Gasteiger partial charge in [0.25, 0.3) is 0 Å². The predicted octanol–water partition coefficient (Wildman–Crippen LogP) is -0.336. The number of ether oxygens (including phenoxy) is 1. The topological polar surface area (TPSA) is 32.8 Å². The maximum absolute atomic E-state index is 10.3. The zero-order chi connectivity index (χ0) is 8.97. The standard InChI is InChI=1S/C8H15N2O2/c1-8(9(2)7-11)10-3-5-12-6-4-10/h8H,3-6H2,1-2H3. The van der Waals surface area contributed by atoms with Crippen LogP contribution in [0.2, 0.25) is 0 Å². The average Bonchev–Trinajstić information content (AvgIpc) is 2.17. The molecule has 0 aromatic carbocycles. The Kier molecular flexibility index (Phi) is 3.49. The molecule has 1 atom stereocenters. The van der Waals surface area contributed by atoms with E-state index in [1.54, 1.807) is 11.9 Å². The molecule has 1 radical (unpaired) electrons. The molecule has 1 aliphatic heterocycles. The molecule has 1 amide bonds. The highest BCUT2D eigenvalue weighted by Crippen LogP contribution is 2.04. The van der Waals surface area contributed by atoms with Gasteiger partial charge in [-0.15, -0.1) is 0 Å². The van der Waals surface area contributed by atoms with Crippen LogP contribution in [-0.4, -0.2) is 55.7 Å². The molecule has 4 nitrogen and oxygen atoms in total. The highest BCUT2D eigenvalue weighted by Gasteiger charge is 2.19. The van der Waals surface area contributed by atoms with E-state index in [2.05, 4.69) is 4.90 Å². The Morgan fingerprint density at radius 3 is 2.58 bits per heavy atom. The molecule has 1 saturated heterocycles. The van der Waals surface area contributed by atoms with Crippen LogP contribution >= 0.6 is 0 Å². The zero-order valence-corrected chi connectivity index (χ0v) is 7.62. The third-order valence-corrected chi connectivity index (χ3v) is 2.28. The lowest BCUT2D eigenvalue weighted by Crippen LogP contribution is -2.49. The third-order valence-electron chi connectivity index (χ3n) is 2.28. The summed E-state index contributed by atoms with van der Waals surface area (Å²) in [4.78, 5) is 14.1. The average molecular weight is 171 g/mol. The Labute approximate surface area is 73.1 Å². The second-order valence-electron chi connectivity index (χ2n) is 2.98. The van der Waals surface area contributed by atoms with Crippen molar-refractivity contribution in [3.63, 3.8) is 0 Å². The van der Waals surface area contributed by atoms with E-state index in [0.29, 0.717) is 0 Å². The van der Waals surface area contributed by atoms with E-state index in [9.17, 15) is 4.79 Å². The van der Waals surface area contributed by atoms with Crippen LogP contribution in [0.15, 0.2) is 0 Å². The van der Waals surface area contributed by atoms with Crippen LogP contribution < -0.4 is 0 Å². The van der Waals surface area contributed by atoms with Crippen molar-refractivity contribution in [2.45, 2.75) is 13.1 Å². The minimum absolute atomic E-state index is 0.131. The molecular formula is C8H15N2O2. The van der Waals surface area contributed by atoms with Crippen molar-refractivity contribution in [3.05, 3.63) is 0 Å². The first-order valence-corrected chi connectivity index (χ1v) is 4.18. The molecule has 0 N–H and O–H groups in total. The quantitative estimate of drug-likeness (QED) is 0.545. The Bertz CT molecular complexity index is 146. The Morgan fingerprint density at radius 1 is 1.50 bits per heavy atom. The molecule has 12 heavy (non-hydrogen) atoms. The fourth-order valence-corrected chi connectivity index (χ4v) is 1.27. The molecule has 4 heteroatoms. The highest BCUT2D eigenvalue weighted by atomic mass is 16.5. The molecular weight excluding hydrogens is 156 g/mol. The number of nitrogens with zero attached hydrogens (tertiary/aromatic N) is 2. The molecule has 1 aliphatic rings. The van der Waals surface area contributed by atoms with Crippen molar-refractivity contribution in [2.24, 2.45) is 0 Å². The van der Waals surface area contributed by atoms with E-state index in [0.717, 1.165) is 26.3 Å². The Balaban J connectivity index is 2.38. The van der Waals surface area contributed by atoms with Crippen LogP contribution in [0.25, 0.3) is 0 Å². The third kappa shape index (κ3) is 2.19. The summed E-state index contributed by atoms with van der Waals surface area (Å²) in [6, 6.07) is 0. The van der Waals surface area contributed by atoms with Gasteiger partial charge in [-0.25, -0.2) is 0 Å². The SMILES string of the molecule is CC(N(C)[C]=O)N1CCOCC1. The van der Waals surface area contributed by atoms with Gasteiger partial charge in [-0.2, -0.15) is 0 Å². The zero-order valence-electron chi connectivity index (χ0n) is 7.62. The molecule has 1 rings (SSSR count). The fourth-order valence-electron chi connectivity index (χ4n) is 1.27. The summed E-state index contributed by atoms with van der Waals surface area (Å²) < 4.78 is 5.20. The first-order valence-electron chi connectivity index (χ1n) is 4.18. The van der Waals surface area contributed by atoms with Gasteiger partial charge in [-0.3, -0.25) is 9.69 Å². The van der Waals surface area contributed by atoms with Crippen molar-refractivity contribution in [1.29, 1.82) is 0 Å². The summed E-state index contributed by atoms with van der Waals surface area (Å²) in [6.45, 7) is 5.31. The first kappa shape index (κ1) is 9.48. The normalized spacial score (nSPS) is 21.8. The maximum atomic E-state index is 10.3. The van der Waals surface area contributed by atoms with Crippen LogP contribution in [-0.2, 0) is 9.53 Å². The van der Waals surface area contributed by atoms with E-state index < -0.39 is 0 Å². The van der Waals surface area contributed by atoms with Crippen molar-refractivity contribution in [3.8, 4) is 0 Å². The van der Waals surface area contributed by atoms with Gasteiger partial charge in [0.05, 0.1) is 19.4 Å². The van der Waals surface area contributed by atoms with Crippen LogP contribution in [0.3, 0.4) is 0 Å². The van der Waals surface area contributed by atoms with E-state index >= 15 is 0 Å². The van der Waals surface area contributed by atoms with Gasteiger partial charge in [-0.1, -0.05) is 0 Å².